The van der Waals surface area contributed by atoms with Gasteiger partial charge >= 0.3 is 0 Å². The lowest BCUT2D eigenvalue weighted by atomic mass is 10.1. The first-order valence-corrected chi connectivity index (χ1v) is 7.94. The second kappa shape index (κ2) is 7.03. The molecule has 0 amide bonds. The number of nitrogens with zero attached hydrogens (tertiary/aromatic N) is 2. The average molecular weight is 358 g/mol. The van der Waals surface area contributed by atoms with E-state index in [1.54, 1.807) is 13.0 Å². The largest absolute Gasteiger partial charge is 0.338 e. The lowest BCUT2D eigenvalue weighted by Gasteiger charge is -2.12. The minimum Gasteiger partial charge on any atom is -0.338 e. The number of benzene rings is 2. The molecule has 0 saturated heterocycles. The van der Waals surface area contributed by atoms with Crippen molar-refractivity contribution >= 4 is 23.1 Å². The molecule has 0 spiro atoms. The maximum absolute atomic E-state index is 13.8. The van der Waals surface area contributed by atoms with Gasteiger partial charge in [-0.15, -0.1) is 0 Å². The summed E-state index contributed by atoms with van der Waals surface area (Å²) in [5.41, 5.74) is 3.50. The fourth-order valence-electron chi connectivity index (χ4n) is 2.40. The fraction of sp³-hybridized carbons (Fsp3) is 0.158. The fourth-order valence-corrected chi connectivity index (χ4v) is 2.40. The van der Waals surface area contributed by atoms with E-state index in [1.807, 2.05) is 32.0 Å². The Morgan fingerprint density at radius 1 is 0.769 bits per heavy atom. The second-order valence-corrected chi connectivity index (χ2v) is 5.99. The number of rotatable bonds is 4. The van der Waals surface area contributed by atoms with Crippen molar-refractivity contribution in [1.29, 1.82) is 0 Å². The zero-order valence-corrected chi connectivity index (χ0v) is 14.5. The third-order valence-corrected chi connectivity index (χ3v) is 3.92. The van der Waals surface area contributed by atoms with Crippen molar-refractivity contribution in [2.24, 2.45) is 0 Å². The van der Waals surface area contributed by atoms with Crippen molar-refractivity contribution in [1.82, 2.24) is 9.97 Å². The summed E-state index contributed by atoms with van der Waals surface area (Å²) in [5.74, 6) is -3.52. The van der Waals surface area contributed by atoms with Crippen molar-refractivity contribution < 1.29 is 13.2 Å². The topological polar surface area (TPSA) is 49.8 Å². The molecular weight excluding hydrogens is 341 g/mol. The third kappa shape index (κ3) is 3.77. The molecular formula is C19H17F3N4. The Balaban J connectivity index is 1.88. The minimum atomic E-state index is -1.53. The molecule has 0 aliphatic heterocycles. The highest BCUT2D eigenvalue weighted by atomic mass is 19.2. The van der Waals surface area contributed by atoms with E-state index in [4.69, 9.17) is 0 Å². The van der Waals surface area contributed by atoms with Crippen LogP contribution in [0.1, 0.15) is 16.8 Å². The summed E-state index contributed by atoms with van der Waals surface area (Å²) in [6.45, 7) is 5.76. The van der Waals surface area contributed by atoms with Gasteiger partial charge < -0.3 is 10.6 Å². The van der Waals surface area contributed by atoms with Crippen LogP contribution < -0.4 is 10.6 Å². The zero-order chi connectivity index (χ0) is 18.8. The Labute approximate surface area is 149 Å². The minimum absolute atomic E-state index is 0.209. The number of nitrogens with one attached hydrogen (secondary N) is 2. The molecule has 0 unspecified atom stereocenters. The number of halogens is 3. The normalized spacial score (nSPS) is 10.7. The molecule has 0 radical (unpaired) electrons. The van der Waals surface area contributed by atoms with Crippen molar-refractivity contribution in [3.05, 3.63) is 70.7 Å². The molecule has 2 N–H and O–H groups in total. The van der Waals surface area contributed by atoms with Gasteiger partial charge in [-0.1, -0.05) is 6.07 Å². The van der Waals surface area contributed by atoms with E-state index in [0.717, 1.165) is 28.9 Å². The van der Waals surface area contributed by atoms with Crippen LogP contribution >= 0.6 is 0 Å². The van der Waals surface area contributed by atoms with Gasteiger partial charge in [0.1, 0.15) is 5.82 Å². The van der Waals surface area contributed by atoms with Crippen LogP contribution in [-0.4, -0.2) is 9.97 Å². The molecule has 7 heteroatoms. The van der Waals surface area contributed by atoms with E-state index in [2.05, 4.69) is 20.6 Å². The summed E-state index contributed by atoms with van der Waals surface area (Å²) < 4.78 is 40.3. The van der Waals surface area contributed by atoms with Gasteiger partial charge in [-0.05, 0) is 56.2 Å². The Kier molecular flexibility index (Phi) is 4.79. The van der Waals surface area contributed by atoms with Gasteiger partial charge in [-0.25, -0.2) is 18.2 Å². The Hall–Kier alpha value is -3.09. The van der Waals surface area contributed by atoms with Gasteiger partial charge in [0.25, 0.3) is 0 Å². The van der Waals surface area contributed by atoms with Crippen LogP contribution in [-0.2, 0) is 0 Å². The van der Waals surface area contributed by atoms with Crippen LogP contribution in [0.5, 0.6) is 0 Å². The molecule has 0 fully saturated rings. The van der Waals surface area contributed by atoms with Crippen LogP contribution in [0.2, 0.25) is 0 Å². The molecule has 1 aromatic heterocycles. The van der Waals surface area contributed by atoms with Crippen LogP contribution in [0.25, 0.3) is 0 Å². The first-order chi connectivity index (χ1) is 12.3. The summed E-state index contributed by atoms with van der Waals surface area (Å²) in [5, 5.41) is 5.74. The quantitative estimate of drug-likeness (QED) is 0.621. The number of anilines is 4. The standard InChI is InChI=1S/C19H17F3N4/c1-10-4-5-13(8-11(10)2)24-19-23-12(3)9-16(26-19)25-15-7-6-14(20)17(21)18(15)22/h4-9H,1-3H3,(H2,23,24,25,26). The highest BCUT2D eigenvalue weighted by Gasteiger charge is 2.14. The van der Waals surface area contributed by atoms with Crippen molar-refractivity contribution in [2.45, 2.75) is 20.8 Å². The van der Waals surface area contributed by atoms with Gasteiger partial charge in [-0.2, -0.15) is 4.98 Å². The van der Waals surface area contributed by atoms with Crippen LogP contribution in [0, 0.1) is 38.2 Å². The highest BCUT2D eigenvalue weighted by molar-refractivity contribution is 5.61. The lowest BCUT2D eigenvalue weighted by molar-refractivity contribution is 0.449. The summed E-state index contributed by atoms with van der Waals surface area (Å²) >= 11 is 0. The predicted molar refractivity (Wildman–Crippen MR) is 95.6 cm³/mol. The smallest absolute Gasteiger partial charge is 0.229 e. The summed E-state index contributed by atoms with van der Waals surface area (Å²) in [6.07, 6.45) is 0. The summed E-state index contributed by atoms with van der Waals surface area (Å²) in [6, 6.07) is 9.37. The van der Waals surface area contributed by atoms with Crippen LogP contribution in [0.3, 0.4) is 0 Å². The van der Waals surface area contributed by atoms with Crippen molar-refractivity contribution in [2.75, 3.05) is 10.6 Å². The molecule has 26 heavy (non-hydrogen) atoms. The van der Waals surface area contributed by atoms with Crippen LogP contribution in [0.4, 0.5) is 36.3 Å². The van der Waals surface area contributed by atoms with E-state index < -0.39 is 17.5 Å². The molecule has 134 valence electrons. The van der Waals surface area contributed by atoms with Gasteiger partial charge in [0, 0.05) is 17.4 Å². The Morgan fingerprint density at radius 3 is 2.27 bits per heavy atom. The molecule has 0 atom stereocenters. The lowest BCUT2D eigenvalue weighted by Crippen LogP contribution is -2.04. The Morgan fingerprint density at radius 2 is 1.54 bits per heavy atom. The predicted octanol–water partition coefficient (Wildman–Crippen LogP) is 5.31. The average Bonchev–Trinajstić information content (AvgIpc) is 2.58. The first kappa shape index (κ1) is 17.7. The van der Waals surface area contributed by atoms with Gasteiger partial charge in [0.15, 0.2) is 17.5 Å². The number of aryl methyl sites for hydroxylation is 3. The molecule has 1 heterocycles. The maximum atomic E-state index is 13.8. The monoisotopic (exact) mass is 358 g/mol. The molecule has 4 nitrogen and oxygen atoms in total. The molecule has 2 aromatic carbocycles. The second-order valence-electron chi connectivity index (χ2n) is 5.99. The van der Waals surface area contributed by atoms with E-state index in [0.29, 0.717) is 11.6 Å². The SMILES string of the molecule is Cc1cc(Nc2ccc(F)c(F)c2F)nc(Nc2ccc(C)c(C)c2)n1. The van der Waals surface area contributed by atoms with Crippen LogP contribution in [0.15, 0.2) is 36.4 Å². The van der Waals surface area contributed by atoms with Gasteiger partial charge in [0.05, 0.1) is 5.69 Å². The maximum Gasteiger partial charge on any atom is 0.229 e. The van der Waals surface area contributed by atoms with E-state index in [-0.39, 0.29) is 11.5 Å². The zero-order valence-electron chi connectivity index (χ0n) is 14.5. The number of aromatic nitrogens is 2. The summed E-state index contributed by atoms with van der Waals surface area (Å²) in [4.78, 5) is 8.54. The number of hydrogen-bond donors (Lipinski definition) is 2. The van der Waals surface area contributed by atoms with E-state index in [1.165, 1.54) is 0 Å². The van der Waals surface area contributed by atoms with Gasteiger partial charge in [-0.3, -0.25) is 0 Å². The molecule has 0 bridgehead atoms. The van der Waals surface area contributed by atoms with E-state index >= 15 is 0 Å². The highest BCUT2D eigenvalue weighted by Crippen LogP contribution is 2.24. The van der Waals surface area contributed by atoms with Crippen molar-refractivity contribution in [3.8, 4) is 0 Å². The Bertz CT molecular complexity index is 973. The van der Waals surface area contributed by atoms with Gasteiger partial charge in [0.2, 0.25) is 5.95 Å². The molecule has 0 aliphatic rings. The molecule has 3 aromatic rings. The van der Waals surface area contributed by atoms with Crippen molar-refractivity contribution in [3.63, 3.8) is 0 Å². The first-order valence-electron chi connectivity index (χ1n) is 7.94. The third-order valence-electron chi connectivity index (χ3n) is 3.92. The molecule has 3 rings (SSSR count). The summed E-state index contributed by atoms with van der Waals surface area (Å²) in [7, 11) is 0. The number of hydrogen-bond acceptors (Lipinski definition) is 4. The molecule has 0 saturated carbocycles. The molecule has 0 aliphatic carbocycles. The van der Waals surface area contributed by atoms with E-state index in [9.17, 15) is 13.2 Å².